The number of hydrogen-bond acceptors (Lipinski definition) is 3. The Balaban J connectivity index is 2.30. The number of nitrogens with one attached hydrogen (secondary N) is 1. The van der Waals surface area contributed by atoms with Crippen LogP contribution < -0.4 is 5.32 Å². The fraction of sp³-hybridized carbons (Fsp3) is 0.909. The van der Waals surface area contributed by atoms with Gasteiger partial charge in [-0.1, -0.05) is 0 Å². The summed E-state index contributed by atoms with van der Waals surface area (Å²) in [6.45, 7) is 5.52. The summed E-state index contributed by atoms with van der Waals surface area (Å²) in [6.07, 6.45) is 3.02. The van der Waals surface area contributed by atoms with E-state index in [1.54, 1.807) is 0 Å². The Kier molecular flexibility index (Phi) is 4.37. The van der Waals surface area contributed by atoms with E-state index in [2.05, 4.69) is 37.2 Å². The van der Waals surface area contributed by atoms with E-state index in [1.165, 1.54) is 12.8 Å². The summed E-state index contributed by atoms with van der Waals surface area (Å²) < 4.78 is 0. The molecule has 80 valence electrons. The van der Waals surface area contributed by atoms with Crippen molar-refractivity contribution in [1.29, 1.82) is 5.26 Å². The highest BCUT2D eigenvalue weighted by atomic mass is 15.1. The van der Waals surface area contributed by atoms with Gasteiger partial charge in [0.1, 0.15) is 0 Å². The maximum atomic E-state index is 8.56. The first-order valence-corrected chi connectivity index (χ1v) is 5.46. The van der Waals surface area contributed by atoms with E-state index >= 15 is 0 Å². The molecule has 14 heavy (non-hydrogen) atoms. The van der Waals surface area contributed by atoms with Gasteiger partial charge in [-0.25, -0.2) is 0 Å². The van der Waals surface area contributed by atoms with Crippen LogP contribution in [-0.4, -0.2) is 36.6 Å². The number of rotatable bonds is 3. The largest absolute Gasteiger partial charge is 0.310 e. The van der Waals surface area contributed by atoms with Gasteiger partial charge in [-0.2, -0.15) is 5.26 Å². The van der Waals surface area contributed by atoms with E-state index in [0.29, 0.717) is 24.5 Å². The molecule has 0 radical (unpaired) electrons. The zero-order valence-corrected chi connectivity index (χ0v) is 9.45. The van der Waals surface area contributed by atoms with Crippen molar-refractivity contribution in [2.45, 2.75) is 51.2 Å². The van der Waals surface area contributed by atoms with E-state index in [0.717, 1.165) is 6.54 Å². The van der Waals surface area contributed by atoms with Crippen molar-refractivity contribution < 1.29 is 0 Å². The Labute approximate surface area is 87.1 Å². The molecule has 0 aromatic carbocycles. The van der Waals surface area contributed by atoms with Crippen molar-refractivity contribution in [2.75, 3.05) is 13.6 Å². The molecule has 1 fully saturated rings. The topological polar surface area (TPSA) is 39.1 Å². The highest BCUT2D eigenvalue weighted by Gasteiger charge is 2.23. The first-order chi connectivity index (χ1) is 6.63. The third kappa shape index (κ3) is 3.28. The zero-order valence-electron chi connectivity index (χ0n) is 9.45. The smallest absolute Gasteiger partial charge is 0.0638 e. The second-order valence-corrected chi connectivity index (χ2v) is 4.48. The van der Waals surface area contributed by atoms with Crippen molar-refractivity contribution >= 4 is 0 Å². The van der Waals surface area contributed by atoms with Crippen LogP contribution in [0.5, 0.6) is 0 Å². The summed E-state index contributed by atoms with van der Waals surface area (Å²) in [6, 6.07) is 3.80. The number of nitrogens with zero attached hydrogens (tertiary/aromatic N) is 2. The molecule has 1 heterocycles. The monoisotopic (exact) mass is 195 g/mol. The molecule has 1 N–H and O–H groups in total. The summed E-state index contributed by atoms with van der Waals surface area (Å²) in [4.78, 5) is 2.40. The van der Waals surface area contributed by atoms with Crippen molar-refractivity contribution in [1.82, 2.24) is 10.2 Å². The van der Waals surface area contributed by atoms with E-state index in [9.17, 15) is 0 Å². The molecule has 3 unspecified atom stereocenters. The molecule has 3 nitrogen and oxygen atoms in total. The maximum absolute atomic E-state index is 8.56. The molecule has 3 heteroatoms. The standard InChI is InChI=1S/C11H21N3/c1-9(4-6-12)13-11-5-7-14(3)10(2)8-11/h9-11,13H,4-5,7-8H2,1-3H3. The van der Waals surface area contributed by atoms with Crippen LogP contribution in [0, 0.1) is 11.3 Å². The molecular weight excluding hydrogens is 174 g/mol. The minimum absolute atomic E-state index is 0.334. The van der Waals surface area contributed by atoms with Gasteiger partial charge in [-0.15, -0.1) is 0 Å². The Morgan fingerprint density at radius 1 is 1.64 bits per heavy atom. The SMILES string of the molecule is CC(CC#N)NC1CCN(C)C(C)C1. The predicted octanol–water partition coefficient (Wildman–Crippen LogP) is 1.36. The summed E-state index contributed by atoms with van der Waals surface area (Å²) >= 11 is 0. The highest BCUT2D eigenvalue weighted by Crippen LogP contribution is 2.15. The zero-order chi connectivity index (χ0) is 10.6. The van der Waals surface area contributed by atoms with Crippen LogP contribution >= 0.6 is 0 Å². The molecule has 0 spiro atoms. The quantitative estimate of drug-likeness (QED) is 0.739. The van der Waals surface area contributed by atoms with Crippen molar-refractivity contribution in [3.63, 3.8) is 0 Å². The number of nitriles is 1. The average Bonchev–Trinajstić information content (AvgIpc) is 2.12. The van der Waals surface area contributed by atoms with Gasteiger partial charge in [0.15, 0.2) is 0 Å². The second-order valence-electron chi connectivity index (χ2n) is 4.48. The lowest BCUT2D eigenvalue weighted by Crippen LogP contribution is -2.47. The molecule has 1 saturated heterocycles. The Morgan fingerprint density at radius 3 is 2.93 bits per heavy atom. The molecular formula is C11H21N3. The maximum Gasteiger partial charge on any atom is 0.0638 e. The van der Waals surface area contributed by atoms with E-state index in [4.69, 9.17) is 5.26 Å². The van der Waals surface area contributed by atoms with Crippen molar-refractivity contribution in [3.8, 4) is 6.07 Å². The van der Waals surface area contributed by atoms with Gasteiger partial charge in [-0.3, -0.25) is 0 Å². The van der Waals surface area contributed by atoms with Gasteiger partial charge < -0.3 is 10.2 Å². The minimum Gasteiger partial charge on any atom is -0.310 e. The van der Waals surface area contributed by atoms with Crippen LogP contribution in [0.15, 0.2) is 0 Å². The third-order valence-corrected chi connectivity index (χ3v) is 3.13. The molecule has 0 aliphatic carbocycles. The van der Waals surface area contributed by atoms with Crippen LogP contribution in [0.2, 0.25) is 0 Å². The number of likely N-dealkylation sites (tertiary alicyclic amines) is 1. The Hall–Kier alpha value is -0.590. The first-order valence-electron chi connectivity index (χ1n) is 5.46. The molecule has 0 saturated carbocycles. The molecule has 1 aliphatic heterocycles. The fourth-order valence-electron chi connectivity index (χ4n) is 2.04. The minimum atomic E-state index is 0.334. The van der Waals surface area contributed by atoms with Crippen LogP contribution in [0.4, 0.5) is 0 Å². The number of piperidine rings is 1. The van der Waals surface area contributed by atoms with Gasteiger partial charge in [-0.05, 0) is 40.3 Å². The molecule has 0 aromatic heterocycles. The Bertz CT molecular complexity index is 209. The van der Waals surface area contributed by atoms with Gasteiger partial charge in [0.2, 0.25) is 0 Å². The second kappa shape index (κ2) is 5.33. The highest BCUT2D eigenvalue weighted by molar-refractivity contribution is 4.85. The predicted molar refractivity (Wildman–Crippen MR) is 57.9 cm³/mol. The summed E-state index contributed by atoms with van der Waals surface area (Å²) in [7, 11) is 2.18. The molecule has 1 rings (SSSR count). The van der Waals surface area contributed by atoms with Crippen molar-refractivity contribution in [2.24, 2.45) is 0 Å². The summed E-state index contributed by atoms with van der Waals surface area (Å²) in [5.74, 6) is 0. The molecule has 0 amide bonds. The normalized spacial score (nSPS) is 31.0. The fourth-order valence-corrected chi connectivity index (χ4v) is 2.04. The van der Waals surface area contributed by atoms with E-state index in [1.807, 2.05) is 0 Å². The number of hydrogen-bond donors (Lipinski definition) is 1. The van der Waals surface area contributed by atoms with Gasteiger partial charge >= 0.3 is 0 Å². The lowest BCUT2D eigenvalue weighted by Gasteiger charge is -2.36. The molecule has 1 aliphatic rings. The van der Waals surface area contributed by atoms with Gasteiger partial charge in [0.25, 0.3) is 0 Å². The van der Waals surface area contributed by atoms with Crippen LogP contribution in [-0.2, 0) is 0 Å². The Morgan fingerprint density at radius 2 is 2.36 bits per heavy atom. The lowest BCUT2D eigenvalue weighted by atomic mass is 9.98. The van der Waals surface area contributed by atoms with Crippen LogP contribution in [0.3, 0.4) is 0 Å². The first kappa shape index (κ1) is 11.5. The van der Waals surface area contributed by atoms with Gasteiger partial charge in [0, 0.05) is 18.1 Å². The molecule has 0 bridgehead atoms. The molecule has 3 atom stereocenters. The van der Waals surface area contributed by atoms with E-state index < -0.39 is 0 Å². The summed E-state index contributed by atoms with van der Waals surface area (Å²) in [5, 5.41) is 12.1. The van der Waals surface area contributed by atoms with Crippen molar-refractivity contribution in [3.05, 3.63) is 0 Å². The third-order valence-electron chi connectivity index (χ3n) is 3.13. The van der Waals surface area contributed by atoms with E-state index in [-0.39, 0.29) is 0 Å². The lowest BCUT2D eigenvalue weighted by molar-refractivity contribution is 0.163. The van der Waals surface area contributed by atoms with Crippen LogP contribution in [0.1, 0.15) is 33.1 Å². The average molecular weight is 195 g/mol. The van der Waals surface area contributed by atoms with Crippen LogP contribution in [0.25, 0.3) is 0 Å². The summed E-state index contributed by atoms with van der Waals surface area (Å²) in [5.41, 5.74) is 0. The molecule has 0 aromatic rings. The van der Waals surface area contributed by atoms with Gasteiger partial charge in [0.05, 0.1) is 12.5 Å².